The molecular formula is C10H20N2O3S. The number of carbonyl (C=O) groups excluding carboxylic acids is 1. The molecule has 1 saturated heterocycles. The van der Waals surface area contributed by atoms with E-state index < -0.39 is 6.10 Å². The maximum absolute atomic E-state index is 11.9. The monoisotopic (exact) mass is 248 g/mol. The highest BCUT2D eigenvalue weighted by Crippen LogP contribution is 2.15. The summed E-state index contributed by atoms with van der Waals surface area (Å²) >= 11 is 1.39. The fourth-order valence-electron chi connectivity index (χ4n) is 1.52. The Hall–Kier alpha value is -0.300. The van der Waals surface area contributed by atoms with Crippen LogP contribution in [0.2, 0.25) is 0 Å². The van der Waals surface area contributed by atoms with E-state index in [1.165, 1.54) is 11.8 Å². The molecule has 1 amide bonds. The number of rotatable bonds is 5. The van der Waals surface area contributed by atoms with Crippen molar-refractivity contribution in [3.05, 3.63) is 0 Å². The molecule has 0 aromatic rings. The van der Waals surface area contributed by atoms with Gasteiger partial charge in [0.25, 0.3) is 0 Å². The van der Waals surface area contributed by atoms with Crippen LogP contribution in [0.1, 0.15) is 6.92 Å². The SMILES string of the molecule is CC(SCC(O)CO)C(=O)N1CCNCC1. The summed E-state index contributed by atoms with van der Waals surface area (Å²) in [6, 6.07) is 0. The van der Waals surface area contributed by atoms with Crippen LogP contribution in [0, 0.1) is 0 Å². The van der Waals surface area contributed by atoms with Crippen molar-refractivity contribution in [2.75, 3.05) is 38.5 Å². The summed E-state index contributed by atoms with van der Waals surface area (Å²) in [5, 5.41) is 20.9. The molecule has 0 saturated carbocycles. The van der Waals surface area contributed by atoms with E-state index in [4.69, 9.17) is 5.11 Å². The van der Waals surface area contributed by atoms with Gasteiger partial charge in [0, 0.05) is 31.9 Å². The lowest BCUT2D eigenvalue weighted by atomic mass is 10.3. The van der Waals surface area contributed by atoms with Gasteiger partial charge in [0.2, 0.25) is 5.91 Å². The summed E-state index contributed by atoms with van der Waals surface area (Å²) in [5.74, 6) is 0.520. The van der Waals surface area contributed by atoms with E-state index in [0.717, 1.165) is 26.2 Å². The number of aliphatic hydroxyl groups excluding tert-OH is 2. The fraction of sp³-hybridized carbons (Fsp3) is 0.900. The Morgan fingerprint density at radius 2 is 2.12 bits per heavy atom. The molecule has 5 nitrogen and oxygen atoms in total. The van der Waals surface area contributed by atoms with Crippen molar-refractivity contribution in [2.24, 2.45) is 0 Å². The summed E-state index contributed by atoms with van der Waals surface area (Å²) in [5.41, 5.74) is 0. The topological polar surface area (TPSA) is 72.8 Å². The molecule has 1 aliphatic heterocycles. The van der Waals surface area contributed by atoms with E-state index in [0.29, 0.717) is 5.75 Å². The molecule has 0 aromatic carbocycles. The fourth-order valence-corrected chi connectivity index (χ4v) is 2.43. The lowest BCUT2D eigenvalue weighted by Gasteiger charge is -2.29. The van der Waals surface area contributed by atoms with Gasteiger partial charge in [-0.3, -0.25) is 4.79 Å². The molecule has 1 aliphatic rings. The molecule has 0 spiro atoms. The summed E-state index contributed by atoms with van der Waals surface area (Å²) in [4.78, 5) is 13.8. The maximum Gasteiger partial charge on any atom is 0.235 e. The van der Waals surface area contributed by atoms with Crippen LogP contribution < -0.4 is 5.32 Å². The number of nitrogens with zero attached hydrogens (tertiary/aromatic N) is 1. The van der Waals surface area contributed by atoms with Gasteiger partial charge in [-0.05, 0) is 6.92 Å². The van der Waals surface area contributed by atoms with Gasteiger partial charge in [-0.1, -0.05) is 0 Å². The van der Waals surface area contributed by atoms with Crippen molar-refractivity contribution >= 4 is 17.7 Å². The average Bonchev–Trinajstić information content (AvgIpc) is 2.35. The third-order valence-corrected chi connectivity index (χ3v) is 3.80. The Balaban J connectivity index is 2.29. The predicted molar refractivity (Wildman–Crippen MR) is 64.5 cm³/mol. The lowest BCUT2D eigenvalue weighted by molar-refractivity contribution is -0.130. The zero-order valence-electron chi connectivity index (χ0n) is 9.56. The van der Waals surface area contributed by atoms with Crippen LogP contribution in [0.4, 0.5) is 0 Å². The highest BCUT2D eigenvalue weighted by Gasteiger charge is 2.22. The number of thioether (sulfide) groups is 1. The summed E-state index contributed by atoms with van der Waals surface area (Å²) in [6.07, 6.45) is -0.733. The van der Waals surface area contributed by atoms with Crippen LogP contribution in [-0.4, -0.2) is 70.9 Å². The maximum atomic E-state index is 11.9. The number of carbonyl (C=O) groups is 1. The predicted octanol–water partition coefficient (Wildman–Crippen LogP) is -1.11. The molecule has 0 radical (unpaired) electrons. The van der Waals surface area contributed by atoms with E-state index in [2.05, 4.69) is 5.32 Å². The molecule has 1 fully saturated rings. The average molecular weight is 248 g/mol. The van der Waals surface area contributed by atoms with Gasteiger partial charge in [0.05, 0.1) is 18.0 Å². The highest BCUT2D eigenvalue weighted by atomic mass is 32.2. The van der Waals surface area contributed by atoms with Gasteiger partial charge in [-0.25, -0.2) is 0 Å². The normalized spacial score (nSPS) is 20.6. The summed E-state index contributed by atoms with van der Waals surface area (Å²) in [7, 11) is 0. The standard InChI is InChI=1S/C10H20N2O3S/c1-8(16-7-9(14)6-13)10(15)12-4-2-11-3-5-12/h8-9,11,13-14H,2-7H2,1H3. The summed E-state index contributed by atoms with van der Waals surface area (Å²) < 4.78 is 0. The highest BCUT2D eigenvalue weighted by molar-refractivity contribution is 8.00. The van der Waals surface area contributed by atoms with Gasteiger partial charge in [-0.2, -0.15) is 0 Å². The molecule has 0 aliphatic carbocycles. The van der Waals surface area contributed by atoms with Crippen molar-refractivity contribution in [2.45, 2.75) is 18.3 Å². The quantitative estimate of drug-likeness (QED) is 0.575. The smallest absolute Gasteiger partial charge is 0.235 e. The Morgan fingerprint density at radius 1 is 1.50 bits per heavy atom. The summed E-state index contributed by atoms with van der Waals surface area (Å²) in [6.45, 7) is 4.81. The third-order valence-electron chi connectivity index (χ3n) is 2.53. The first-order valence-electron chi connectivity index (χ1n) is 5.55. The minimum absolute atomic E-state index is 0.122. The van der Waals surface area contributed by atoms with Crippen LogP contribution >= 0.6 is 11.8 Å². The Morgan fingerprint density at radius 3 is 2.69 bits per heavy atom. The van der Waals surface area contributed by atoms with Crippen molar-refractivity contribution in [3.63, 3.8) is 0 Å². The van der Waals surface area contributed by atoms with E-state index in [9.17, 15) is 9.90 Å². The zero-order valence-corrected chi connectivity index (χ0v) is 10.4. The van der Waals surface area contributed by atoms with Crippen molar-refractivity contribution < 1.29 is 15.0 Å². The van der Waals surface area contributed by atoms with Crippen LogP contribution in [0.25, 0.3) is 0 Å². The Kier molecular flexibility index (Phi) is 6.12. The van der Waals surface area contributed by atoms with Crippen LogP contribution in [0.5, 0.6) is 0 Å². The third kappa shape index (κ3) is 4.29. The number of piperazine rings is 1. The second-order valence-electron chi connectivity index (χ2n) is 3.89. The Labute approximate surface area is 100 Å². The molecule has 1 heterocycles. The second-order valence-corrected chi connectivity index (χ2v) is 5.26. The minimum Gasteiger partial charge on any atom is -0.394 e. The zero-order chi connectivity index (χ0) is 12.0. The van der Waals surface area contributed by atoms with Crippen molar-refractivity contribution in [1.29, 1.82) is 0 Å². The molecule has 6 heteroatoms. The number of nitrogens with one attached hydrogen (secondary N) is 1. The first kappa shape index (κ1) is 13.8. The molecule has 0 bridgehead atoms. The first-order chi connectivity index (χ1) is 7.65. The van der Waals surface area contributed by atoms with Gasteiger partial charge in [-0.15, -0.1) is 11.8 Å². The minimum atomic E-state index is -0.733. The number of amides is 1. The number of hydrogen-bond acceptors (Lipinski definition) is 5. The molecule has 0 aromatic heterocycles. The van der Waals surface area contributed by atoms with Gasteiger partial charge < -0.3 is 20.4 Å². The van der Waals surface area contributed by atoms with Gasteiger partial charge >= 0.3 is 0 Å². The molecule has 2 unspecified atom stereocenters. The van der Waals surface area contributed by atoms with Crippen LogP contribution in [0.3, 0.4) is 0 Å². The van der Waals surface area contributed by atoms with E-state index in [1.807, 2.05) is 11.8 Å². The second kappa shape index (κ2) is 7.11. The molecule has 3 N–H and O–H groups in total. The molecule has 1 rings (SSSR count). The van der Waals surface area contributed by atoms with E-state index >= 15 is 0 Å². The molecule has 94 valence electrons. The molecule has 16 heavy (non-hydrogen) atoms. The van der Waals surface area contributed by atoms with Crippen LogP contribution in [0.15, 0.2) is 0 Å². The van der Waals surface area contributed by atoms with Gasteiger partial charge in [0.1, 0.15) is 0 Å². The molecular weight excluding hydrogens is 228 g/mol. The largest absolute Gasteiger partial charge is 0.394 e. The van der Waals surface area contributed by atoms with Crippen molar-refractivity contribution in [3.8, 4) is 0 Å². The Bertz CT molecular complexity index is 222. The van der Waals surface area contributed by atoms with Crippen LogP contribution in [-0.2, 0) is 4.79 Å². The van der Waals surface area contributed by atoms with Crippen molar-refractivity contribution in [1.82, 2.24) is 10.2 Å². The van der Waals surface area contributed by atoms with E-state index in [-0.39, 0.29) is 17.8 Å². The lowest BCUT2D eigenvalue weighted by Crippen LogP contribution is -2.48. The van der Waals surface area contributed by atoms with Gasteiger partial charge in [0.15, 0.2) is 0 Å². The molecule has 2 atom stereocenters. The number of hydrogen-bond donors (Lipinski definition) is 3. The first-order valence-corrected chi connectivity index (χ1v) is 6.60. The number of aliphatic hydroxyl groups is 2. The van der Waals surface area contributed by atoms with E-state index in [1.54, 1.807) is 0 Å².